The average molecular weight is 171 g/mol. The zero-order chi connectivity index (χ0) is 6.99. The van der Waals surface area contributed by atoms with Crippen molar-refractivity contribution >= 4 is 11.6 Å². The van der Waals surface area contributed by atoms with Gasteiger partial charge in [-0.05, 0) is 6.92 Å². The Morgan fingerprint density at radius 1 is 1.30 bits per heavy atom. The number of allylic oxidation sites excluding steroid dienone is 3. The standard InChI is InChI=1S/C4H5Cl.C3H6.2FH/c1-3-4(2)5;1-3-2;;/h3H,1-2H2;3H,1H2,2H3;2*1H. The van der Waals surface area contributed by atoms with Gasteiger partial charge in [0, 0.05) is 5.03 Å². The molecule has 0 unspecified atom stereocenters. The average Bonchev–Trinajstić information content (AvgIpc) is 1.69. The molecule has 0 rings (SSSR count). The fraction of sp³-hybridized carbons (Fsp3) is 0.143. The summed E-state index contributed by atoms with van der Waals surface area (Å²) in [6.45, 7) is 11.9. The topological polar surface area (TPSA) is 0 Å². The van der Waals surface area contributed by atoms with E-state index in [0.717, 1.165) is 0 Å². The van der Waals surface area contributed by atoms with E-state index in [1.807, 2.05) is 6.92 Å². The summed E-state index contributed by atoms with van der Waals surface area (Å²) in [5.74, 6) is 0. The molecule has 0 aliphatic rings. The van der Waals surface area contributed by atoms with Crippen LogP contribution in [-0.2, 0) is 0 Å². The Labute approximate surface area is 65.6 Å². The molecule has 10 heavy (non-hydrogen) atoms. The van der Waals surface area contributed by atoms with E-state index in [2.05, 4.69) is 19.7 Å². The highest BCUT2D eigenvalue weighted by molar-refractivity contribution is 6.30. The van der Waals surface area contributed by atoms with Gasteiger partial charge in [-0.3, -0.25) is 9.41 Å². The van der Waals surface area contributed by atoms with E-state index in [-0.39, 0.29) is 9.41 Å². The second-order valence-corrected chi connectivity index (χ2v) is 1.54. The molecule has 0 nitrogen and oxygen atoms in total. The summed E-state index contributed by atoms with van der Waals surface area (Å²) >= 11 is 5.15. The maximum Gasteiger partial charge on any atom is 0.0328 e. The van der Waals surface area contributed by atoms with E-state index in [0.29, 0.717) is 5.03 Å². The first-order chi connectivity index (χ1) is 3.68. The zero-order valence-electron chi connectivity index (χ0n) is 5.97. The first-order valence-corrected chi connectivity index (χ1v) is 2.60. The van der Waals surface area contributed by atoms with Crippen molar-refractivity contribution in [1.29, 1.82) is 0 Å². The summed E-state index contributed by atoms with van der Waals surface area (Å²) in [5, 5.41) is 0.491. The molecule has 0 aromatic carbocycles. The van der Waals surface area contributed by atoms with Crippen LogP contribution in [0.1, 0.15) is 6.92 Å². The molecule has 0 atom stereocenters. The van der Waals surface area contributed by atoms with Gasteiger partial charge < -0.3 is 0 Å². The molecule has 0 aliphatic carbocycles. The summed E-state index contributed by atoms with van der Waals surface area (Å²) in [6.07, 6.45) is 3.24. The molecule has 0 amide bonds. The van der Waals surface area contributed by atoms with Gasteiger partial charge >= 0.3 is 0 Å². The lowest BCUT2D eigenvalue weighted by molar-refractivity contribution is 1.11. The van der Waals surface area contributed by atoms with Crippen LogP contribution in [0, 0.1) is 0 Å². The van der Waals surface area contributed by atoms with E-state index in [1.54, 1.807) is 6.08 Å². The summed E-state index contributed by atoms with van der Waals surface area (Å²) in [7, 11) is 0. The molecular formula is C7H13ClF2. The van der Waals surface area contributed by atoms with Crippen molar-refractivity contribution in [2.24, 2.45) is 0 Å². The molecule has 0 radical (unpaired) electrons. The third kappa shape index (κ3) is 159. The van der Waals surface area contributed by atoms with Crippen LogP contribution in [0.3, 0.4) is 0 Å². The van der Waals surface area contributed by atoms with Gasteiger partial charge in [-0.2, -0.15) is 0 Å². The Bertz CT molecular complexity index is 89.6. The van der Waals surface area contributed by atoms with Crippen LogP contribution in [-0.4, -0.2) is 0 Å². The van der Waals surface area contributed by atoms with Crippen LogP contribution in [0.4, 0.5) is 9.41 Å². The molecule has 0 aromatic heterocycles. The van der Waals surface area contributed by atoms with Crippen molar-refractivity contribution in [3.05, 3.63) is 36.9 Å². The molecule has 0 saturated heterocycles. The normalized spacial score (nSPS) is 4.60. The Morgan fingerprint density at radius 2 is 1.40 bits per heavy atom. The van der Waals surface area contributed by atoms with E-state index in [4.69, 9.17) is 11.6 Å². The van der Waals surface area contributed by atoms with Crippen molar-refractivity contribution in [2.75, 3.05) is 0 Å². The predicted octanol–water partition coefficient (Wildman–Crippen LogP) is 3.42. The van der Waals surface area contributed by atoms with E-state index < -0.39 is 0 Å². The summed E-state index contributed by atoms with van der Waals surface area (Å²) in [5.41, 5.74) is 0. The molecule has 0 heterocycles. The third-order valence-corrected chi connectivity index (χ3v) is 0.376. The Kier molecular flexibility index (Phi) is 54.2. The third-order valence-electron chi connectivity index (χ3n) is 0.221. The van der Waals surface area contributed by atoms with Gasteiger partial charge in [0.15, 0.2) is 0 Å². The molecule has 3 heteroatoms. The lowest BCUT2D eigenvalue weighted by atomic mass is 10.6. The zero-order valence-corrected chi connectivity index (χ0v) is 6.73. The van der Waals surface area contributed by atoms with Crippen LogP contribution in [0.15, 0.2) is 36.9 Å². The Hall–Kier alpha value is -0.630. The molecule has 0 spiro atoms. The van der Waals surface area contributed by atoms with E-state index in [9.17, 15) is 0 Å². The van der Waals surface area contributed by atoms with Gasteiger partial charge in [-0.15, -0.1) is 6.58 Å². The van der Waals surface area contributed by atoms with E-state index in [1.165, 1.54) is 6.08 Å². The number of hydrogen-bond acceptors (Lipinski definition) is 0. The Morgan fingerprint density at radius 3 is 1.40 bits per heavy atom. The minimum Gasteiger partial charge on any atom is -0.269 e. The van der Waals surface area contributed by atoms with Gasteiger partial charge in [-0.1, -0.05) is 36.9 Å². The fourth-order valence-electron chi connectivity index (χ4n) is 0. The number of halogens is 3. The maximum atomic E-state index is 5.15. The highest BCUT2D eigenvalue weighted by Gasteiger charge is 1.63. The molecular weight excluding hydrogens is 158 g/mol. The SMILES string of the molecule is C=CC.C=CC(=C)Cl.F.F. The van der Waals surface area contributed by atoms with Gasteiger partial charge in [0.2, 0.25) is 0 Å². The largest absolute Gasteiger partial charge is 0.269 e. The van der Waals surface area contributed by atoms with Crippen molar-refractivity contribution in [3.63, 3.8) is 0 Å². The maximum absolute atomic E-state index is 5.15. The fourth-order valence-corrected chi connectivity index (χ4v) is 0. The van der Waals surface area contributed by atoms with Crippen LogP contribution in [0.5, 0.6) is 0 Å². The van der Waals surface area contributed by atoms with Gasteiger partial charge in [0.25, 0.3) is 0 Å². The van der Waals surface area contributed by atoms with Crippen LogP contribution >= 0.6 is 11.6 Å². The van der Waals surface area contributed by atoms with Gasteiger partial charge in [-0.25, -0.2) is 0 Å². The molecule has 0 fully saturated rings. The molecule has 0 aliphatic heterocycles. The monoisotopic (exact) mass is 170 g/mol. The second-order valence-electron chi connectivity index (χ2n) is 1.06. The van der Waals surface area contributed by atoms with Gasteiger partial charge in [0.05, 0.1) is 0 Å². The lowest BCUT2D eigenvalue weighted by Gasteiger charge is -1.67. The summed E-state index contributed by atoms with van der Waals surface area (Å²) < 4.78 is 0. The second kappa shape index (κ2) is 23.8. The van der Waals surface area contributed by atoms with Crippen molar-refractivity contribution in [3.8, 4) is 0 Å². The highest BCUT2D eigenvalue weighted by atomic mass is 35.5. The minimum atomic E-state index is 0. The first-order valence-electron chi connectivity index (χ1n) is 2.23. The predicted molar refractivity (Wildman–Crippen MR) is 46.1 cm³/mol. The molecule has 0 N–H and O–H groups in total. The first kappa shape index (κ1) is 22.8. The number of rotatable bonds is 1. The molecule has 0 saturated carbocycles. The smallest absolute Gasteiger partial charge is 0.0328 e. The van der Waals surface area contributed by atoms with Crippen molar-refractivity contribution in [1.82, 2.24) is 0 Å². The van der Waals surface area contributed by atoms with Crippen LogP contribution in [0.2, 0.25) is 0 Å². The van der Waals surface area contributed by atoms with E-state index >= 15 is 0 Å². The van der Waals surface area contributed by atoms with Gasteiger partial charge in [0.1, 0.15) is 0 Å². The van der Waals surface area contributed by atoms with Crippen molar-refractivity contribution < 1.29 is 9.41 Å². The quantitative estimate of drug-likeness (QED) is 0.418. The van der Waals surface area contributed by atoms with Crippen LogP contribution in [0.25, 0.3) is 0 Å². The minimum absolute atomic E-state index is 0. The molecule has 62 valence electrons. The summed E-state index contributed by atoms with van der Waals surface area (Å²) in [4.78, 5) is 0. The highest BCUT2D eigenvalue weighted by Crippen LogP contribution is 1.92. The van der Waals surface area contributed by atoms with Crippen molar-refractivity contribution in [2.45, 2.75) is 6.92 Å². The van der Waals surface area contributed by atoms with Crippen LogP contribution < -0.4 is 0 Å². The lowest BCUT2D eigenvalue weighted by Crippen LogP contribution is -1.42. The molecule has 0 bridgehead atoms. The summed E-state index contributed by atoms with van der Waals surface area (Å²) in [6, 6.07) is 0. The molecule has 0 aromatic rings. The number of hydrogen-bond donors (Lipinski definition) is 0. The Balaban J connectivity index is -0.0000000326.